The Labute approximate surface area is 243 Å². The molecule has 0 spiro atoms. The van der Waals surface area contributed by atoms with E-state index in [-0.39, 0.29) is 18.8 Å². The third-order valence-corrected chi connectivity index (χ3v) is 6.42. The Hall–Kier alpha value is -4.28. The van der Waals surface area contributed by atoms with E-state index in [9.17, 15) is 43.5 Å². The number of carboxylic acid groups (broad SMARTS) is 2. The summed E-state index contributed by atoms with van der Waals surface area (Å²) in [5, 5.41) is 27.7. The maximum absolute atomic E-state index is 13.2. The lowest BCUT2D eigenvalue weighted by Crippen LogP contribution is -2.59. The van der Waals surface area contributed by atoms with Crippen LogP contribution in [0.2, 0.25) is 0 Å². The van der Waals surface area contributed by atoms with Gasteiger partial charge in [0.25, 0.3) is 0 Å². The molecule has 17 nitrogen and oxygen atoms in total. The van der Waals surface area contributed by atoms with Crippen molar-refractivity contribution in [3.8, 4) is 0 Å². The Morgan fingerprint density at radius 1 is 0.667 bits per heavy atom. The second-order valence-corrected chi connectivity index (χ2v) is 10.3. The molecule has 0 aromatic rings. The SMILES string of the molecule is CC[C@H](C)[C@H](N)C(=O)N[C@@H](CCC(N)=O)C(=O)N[C@@H](CCC(=O)O)C(=O)N[C@H](C(=O)N[C@@H](CC(N)=O)C(=O)O)C(C)C. The maximum Gasteiger partial charge on any atom is 0.326 e. The first kappa shape index (κ1) is 37.7. The molecule has 0 saturated carbocycles. The Bertz CT molecular complexity index is 1020. The van der Waals surface area contributed by atoms with Crippen LogP contribution in [0.5, 0.6) is 0 Å². The molecule has 0 aliphatic rings. The number of rotatable bonds is 20. The van der Waals surface area contributed by atoms with Crippen LogP contribution in [-0.4, -0.2) is 87.8 Å². The van der Waals surface area contributed by atoms with Gasteiger partial charge in [-0.05, 0) is 24.7 Å². The van der Waals surface area contributed by atoms with Crippen LogP contribution in [0.1, 0.15) is 66.2 Å². The first-order valence-electron chi connectivity index (χ1n) is 13.4. The van der Waals surface area contributed by atoms with Crippen LogP contribution in [0.3, 0.4) is 0 Å². The molecule has 0 rings (SSSR count). The second kappa shape index (κ2) is 18.2. The Morgan fingerprint density at radius 2 is 1.14 bits per heavy atom. The van der Waals surface area contributed by atoms with Gasteiger partial charge < -0.3 is 48.7 Å². The Kier molecular flexibility index (Phi) is 16.4. The fraction of sp³-hybridized carbons (Fsp3) is 0.680. The van der Waals surface area contributed by atoms with Crippen molar-refractivity contribution in [1.29, 1.82) is 0 Å². The molecule has 0 bridgehead atoms. The normalized spacial score (nSPS) is 15.2. The fourth-order valence-electron chi connectivity index (χ4n) is 3.60. The van der Waals surface area contributed by atoms with Gasteiger partial charge in [-0.2, -0.15) is 0 Å². The number of hydrogen-bond donors (Lipinski definition) is 9. The first-order valence-corrected chi connectivity index (χ1v) is 13.4. The number of nitrogens with two attached hydrogens (primary N) is 3. The lowest BCUT2D eigenvalue weighted by atomic mass is 9.98. The van der Waals surface area contributed by atoms with Crippen LogP contribution in [0.25, 0.3) is 0 Å². The van der Waals surface area contributed by atoms with Gasteiger partial charge in [0.2, 0.25) is 35.4 Å². The van der Waals surface area contributed by atoms with Crippen LogP contribution in [0.15, 0.2) is 0 Å². The van der Waals surface area contributed by atoms with Crippen LogP contribution in [0.4, 0.5) is 0 Å². The van der Waals surface area contributed by atoms with E-state index in [4.69, 9.17) is 22.3 Å². The zero-order valence-corrected chi connectivity index (χ0v) is 24.2. The van der Waals surface area contributed by atoms with Crippen molar-refractivity contribution in [2.75, 3.05) is 0 Å². The highest BCUT2D eigenvalue weighted by molar-refractivity contribution is 5.96. The molecule has 238 valence electrons. The Morgan fingerprint density at radius 3 is 1.57 bits per heavy atom. The molecule has 0 aliphatic heterocycles. The van der Waals surface area contributed by atoms with Crippen molar-refractivity contribution >= 4 is 47.4 Å². The number of aliphatic carboxylic acids is 2. The number of carbonyl (C=O) groups excluding carboxylic acids is 6. The van der Waals surface area contributed by atoms with E-state index >= 15 is 0 Å². The van der Waals surface area contributed by atoms with Crippen LogP contribution >= 0.6 is 0 Å². The molecule has 6 amide bonds. The highest BCUT2D eigenvalue weighted by atomic mass is 16.4. The summed E-state index contributed by atoms with van der Waals surface area (Å²) < 4.78 is 0. The lowest BCUT2D eigenvalue weighted by Gasteiger charge is -2.28. The molecule has 6 atom stereocenters. The van der Waals surface area contributed by atoms with Gasteiger partial charge in [0.05, 0.1) is 12.5 Å². The summed E-state index contributed by atoms with van der Waals surface area (Å²) in [4.78, 5) is 97.0. The molecule has 0 radical (unpaired) electrons. The predicted molar refractivity (Wildman–Crippen MR) is 147 cm³/mol. The van der Waals surface area contributed by atoms with Gasteiger partial charge in [-0.25, -0.2) is 4.79 Å². The lowest BCUT2D eigenvalue weighted by molar-refractivity contribution is -0.144. The number of nitrogens with one attached hydrogen (secondary N) is 4. The topological polar surface area (TPSA) is 303 Å². The molecule has 17 heteroatoms. The summed E-state index contributed by atoms with van der Waals surface area (Å²) in [5.41, 5.74) is 16.1. The van der Waals surface area contributed by atoms with Gasteiger partial charge in [-0.15, -0.1) is 0 Å². The van der Waals surface area contributed by atoms with E-state index in [2.05, 4.69) is 21.3 Å². The standard InChI is InChI=1S/C25H43N7O10/c1-5-12(4)19(28)23(39)30-13(6-8-16(26)33)21(37)29-14(7-9-18(35)36)22(38)32-20(11(2)3)24(40)31-15(25(41)42)10-17(27)34/h11-15,19-20H,5-10,28H2,1-4H3,(H2,26,33)(H2,27,34)(H,29,37)(H,30,39)(H,31,40)(H,32,38)(H,35,36)(H,41,42)/t12-,13-,14-,15-,19-,20-/m0/s1. The molecule has 0 fully saturated rings. The van der Waals surface area contributed by atoms with Gasteiger partial charge in [-0.3, -0.25) is 33.6 Å². The molecular formula is C25H43N7O10. The van der Waals surface area contributed by atoms with Crippen LogP contribution in [0, 0.1) is 11.8 Å². The molecule has 0 saturated heterocycles. The molecule has 12 N–H and O–H groups in total. The third-order valence-electron chi connectivity index (χ3n) is 6.42. The zero-order valence-electron chi connectivity index (χ0n) is 24.2. The summed E-state index contributed by atoms with van der Waals surface area (Å²) in [6.07, 6.45) is -1.72. The van der Waals surface area contributed by atoms with E-state index in [0.29, 0.717) is 6.42 Å². The van der Waals surface area contributed by atoms with Crippen molar-refractivity contribution in [3.63, 3.8) is 0 Å². The summed E-state index contributed by atoms with van der Waals surface area (Å²) >= 11 is 0. The van der Waals surface area contributed by atoms with E-state index in [1.54, 1.807) is 6.92 Å². The fourth-order valence-corrected chi connectivity index (χ4v) is 3.60. The van der Waals surface area contributed by atoms with Gasteiger partial charge in [0.15, 0.2) is 0 Å². The number of carboxylic acids is 2. The van der Waals surface area contributed by atoms with Gasteiger partial charge in [0.1, 0.15) is 24.2 Å². The summed E-state index contributed by atoms with van der Waals surface area (Å²) in [5.74, 6) is -9.07. The van der Waals surface area contributed by atoms with Crippen LogP contribution < -0.4 is 38.5 Å². The third kappa shape index (κ3) is 13.9. The highest BCUT2D eigenvalue weighted by Gasteiger charge is 2.34. The average molecular weight is 602 g/mol. The van der Waals surface area contributed by atoms with Gasteiger partial charge in [-0.1, -0.05) is 34.1 Å². The molecule has 42 heavy (non-hydrogen) atoms. The van der Waals surface area contributed by atoms with Gasteiger partial charge >= 0.3 is 11.9 Å². The monoisotopic (exact) mass is 601 g/mol. The van der Waals surface area contributed by atoms with E-state index < -0.39 is 103 Å². The van der Waals surface area contributed by atoms with Crippen molar-refractivity contribution < 1.29 is 48.6 Å². The minimum atomic E-state index is -1.67. The van der Waals surface area contributed by atoms with Gasteiger partial charge in [0, 0.05) is 12.8 Å². The molecule has 0 aliphatic carbocycles. The minimum Gasteiger partial charge on any atom is -0.481 e. The van der Waals surface area contributed by atoms with Crippen LogP contribution in [-0.2, 0) is 38.4 Å². The number of amides is 6. The minimum absolute atomic E-state index is 0.248. The largest absolute Gasteiger partial charge is 0.481 e. The summed E-state index contributed by atoms with van der Waals surface area (Å²) in [6.45, 7) is 6.58. The van der Waals surface area contributed by atoms with Crippen molar-refractivity contribution in [2.45, 2.75) is 96.4 Å². The average Bonchev–Trinajstić information content (AvgIpc) is 2.89. The number of primary amides is 2. The summed E-state index contributed by atoms with van der Waals surface area (Å²) in [7, 11) is 0. The van der Waals surface area contributed by atoms with Crippen molar-refractivity contribution in [2.24, 2.45) is 29.0 Å². The number of carbonyl (C=O) groups is 8. The summed E-state index contributed by atoms with van der Waals surface area (Å²) in [6, 6.07) is -6.92. The van der Waals surface area contributed by atoms with E-state index in [0.717, 1.165) is 0 Å². The Balaban J connectivity index is 5.97. The predicted octanol–water partition coefficient (Wildman–Crippen LogP) is -2.95. The quantitative estimate of drug-likeness (QED) is 0.0679. The first-order chi connectivity index (χ1) is 19.4. The van der Waals surface area contributed by atoms with E-state index in [1.807, 2.05) is 6.92 Å². The molecule has 0 unspecified atom stereocenters. The zero-order chi connectivity index (χ0) is 32.7. The maximum atomic E-state index is 13.2. The van der Waals surface area contributed by atoms with E-state index in [1.165, 1.54) is 13.8 Å². The highest BCUT2D eigenvalue weighted by Crippen LogP contribution is 2.09. The molecule has 0 heterocycles. The van der Waals surface area contributed by atoms with Crippen molar-refractivity contribution in [3.05, 3.63) is 0 Å². The molecule has 0 aromatic carbocycles. The molecule has 0 aromatic heterocycles. The van der Waals surface area contributed by atoms with Crippen molar-refractivity contribution in [1.82, 2.24) is 21.3 Å². The second-order valence-electron chi connectivity index (χ2n) is 10.3. The molecular weight excluding hydrogens is 558 g/mol. The number of hydrogen-bond acceptors (Lipinski definition) is 9. The smallest absolute Gasteiger partial charge is 0.326 e.